The highest BCUT2D eigenvalue weighted by atomic mass is 16.5. The molecule has 7 heteroatoms. The largest absolute Gasteiger partial charge is 0.481 e. The van der Waals surface area contributed by atoms with Gasteiger partial charge in [-0.15, -0.1) is 6.58 Å². The highest BCUT2D eigenvalue weighted by Crippen LogP contribution is 2.12. The lowest BCUT2D eigenvalue weighted by Gasteiger charge is -2.11. The summed E-state index contributed by atoms with van der Waals surface area (Å²) in [5.74, 6) is 6.16. The van der Waals surface area contributed by atoms with E-state index in [9.17, 15) is 4.79 Å². The zero-order valence-corrected chi connectivity index (χ0v) is 12.0. The molecule has 1 aromatic heterocycles. The standard InChI is InChI=1S/C14H18N4O3/c1-4-6-10(16-13(15)19)7-5-8-11-9-12(20-2)18-14(17-11)21-3/h4,9-10H,1,6-7H2,2-3H3,(H3,15,16,19)/t10-/m0/s1. The Hall–Kier alpha value is -2.75. The molecule has 0 fully saturated rings. The number of carbonyl (C=O) groups is 1. The highest BCUT2D eigenvalue weighted by molar-refractivity contribution is 5.72. The maximum absolute atomic E-state index is 10.9. The number of primary amides is 1. The Morgan fingerprint density at radius 1 is 1.52 bits per heavy atom. The van der Waals surface area contributed by atoms with Gasteiger partial charge in [0.05, 0.1) is 14.2 Å². The molecule has 21 heavy (non-hydrogen) atoms. The monoisotopic (exact) mass is 290 g/mol. The molecule has 0 aromatic carbocycles. The number of aromatic nitrogens is 2. The van der Waals surface area contributed by atoms with Crippen LogP contribution in [0.1, 0.15) is 18.5 Å². The van der Waals surface area contributed by atoms with E-state index in [-0.39, 0.29) is 12.1 Å². The van der Waals surface area contributed by atoms with Crippen LogP contribution in [0.2, 0.25) is 0 Å². The Kier molecular flexibility index (Phi) is 6.54. The lowest BCUT2D eigenvalue weighted by Crippen LogP contribution is -2.38. The molecule has 0 saturated carbocycles. The van der Waals surface area contributed by atoms with Crippen molar-refractivity contribution in [1.29, 1.82) is 0 Å². The molecule has 7 nitrogen and oxygen atoms in total. The fourth-order valence-corrected chi connectivity index (χ4v) is 1.52. The lowest BCUT2D eigenvalue weighted by atomic mass is 10.1. The van der Waals surface area contributed by atoms with Crippen LogP contribution in [0.5, 0.6) is 11.9 Å². The van der Waals surface area contributed by atoms with E-state index in [4.69, 9.17) is 15.2 Å². The van der Waals surface area contributed by atoms with Gasteiger partial charge in [0.15, 0.2) is 0 Å². The van der Waals surface area contributed by atoms with E-state index in [0.29, 0.717) is 24.4 Å². The fraction of sp³-hybridized carbons (Fsp3) is 0.357. The van der Waals surface area contributed by atoms with Gasteiger partial charge in [-0.2, -0.15) is 9.97 Å². The molecule has 112 valence electrons. The van der Waals surface area contributed by atoms with Crippen molar-refractivity contribution in [3.63, 3.8) is 0 Å². The maximum Gasteiger partial charge on any atom is 0.320 e. The van der Waals surface area contributed by atoms with E-state index < -0.39 is 6.03 Å². The summed E-state index contributed by atoms with van der Waals surface area (Å²) in [7, 11) is 2.96. The third-order valence-electron chi connectivity index (χ3n) is 2.44. The first-order valence-corrected chi connectivity index (χ1v) is 6.21. The molecule has 1 rings (SSSR count). The molecule has 0 unspecified atom stereocenters. The predicted molar refractivity (Wildman–Crippen MR) is 78.0 cm³/mol. The number of nitrogens with zero attached hydrogens (tertiary/aromatic N) is 2. The van der Waals surface area contributed by atoms with Crippen molar-refractivity contribution < 1.29 is 14.3 Å². The second-order valence-electron chi connectivity index (χ2n) is 4.02. The van der Waals surface area contributed by atoms with Crippen molar-refractivity contribution in [1.82, 2.24) is 15.3 Å². The van der Waals surface area contributed by atoms with E-state index in [0.717, 1.165) is 0 Å². The Balaban J connectivity index is 2.80. The Bertz CT molecular complexity index is 541. The number of amides is 2. The number of ether oxygens (including phenoxy) is 2. The lowest BCUT2D eigenvalue weighted by molar-refractivity contribution is 0.245. The SMILES string of the molecule is C=CC[C@@H](CC#Cc1cc(OC)nc(OC)n1)NC(N)=O. The molecule has 0 aliphatic heterocycles. The van der Waals surface area contributed by atoms with Gasteiger partial charge in [0.2, 0.25) is 5.88 Å². The van der Waals surface area contributed by atoms with Crippen LogP contribution in [-0.2, 0) is 0 Å². The minimum atomic E-state index is -0.589. The minimum Gasteiger partial charge on any atom is -0.481 e. The number of methoxy groups -OCH3 is 2. The Morgan fingerprint density at radius 2 is 2.29 bits per heavy atom. The van der Waals surface area contributed by atoms with Crippen molar-refractivity contribution in [3.05, 3.63) is 24.4 Å². The maximum atomic E-state index is 10.9. The van der Waals surface area contributed by atoms with Crippen LogP contribution in [0.3, 0.4) is 0 Å². The Morgan fingerprint density at radius 3 is 2.86 bits per heavy atom. The average Bonchev–Trinajstić information content (AvgIpc) is 2.46. The van der Waals surface area contributed by atoms with E-state index in [2.05, 4.69) is 33.7 Å². The number of hydrogen-bond acceptors (Lipinski definition) is 5. The first-order valence-electron chi connectivity index (χ1n) is 6.21. The van der Waals surface area contributed by atoms with Gasteiger partial charge in [0.25, 0.3) is 0 Å². The number of hydrogen-bond donors (Lipinski definition) is 2. The molecule has 0 radical (unpaired) electrons. The van der Waals surface area contributed by atoms with Crippen LogP contribution in [-0.4, -0.2) is 36.3 Å². The first-order chi connectivity index (χ1) is 10.1. The first kappa shape index (κ1) is 16.3. The molecular formula is C14H18N4O3. The molecule has 0 saturated heterocycles. The van der Waals surface area contributed by atoms with Crippen molar-refractivity contribution in [2.24, 2.45) is 5.73 Å². The number of nitrogens with one attached hydrogen (secondary N) is 1. The van der Waals surface area contributed by atoms with Gasteiger partial charge in [-0.05, 0) is 12.3 Å². The van der Waals surface area contributed by atoms with Gasteiger partial charge in [-0.3, -0.25) is 0 Å². The van der Waals surface area contributed by atoms with E-state index in [1.54, 1.807) is 12.1 Å². The molecule has 1 aromatic rings. The van der Waals surface area contributed by atoms with Crippen LogP contribution in [0.25, 0.3) is 0 Å². The summed E-state index contributed by atoms with van der Waals surface area (Å²) in [4.78, 5) is 18.9. The van der Waals surface area contributed by atoms with Gasteiger partial charge in [-0.1, -0.05) is 12.0 Å². The van der Waals surface area contributed by atoms with Crippen LogP contribution in [0.4, 0.5) is 4.79 Å². The summed E-state index contributed by atoms with van der Waals surface area (Å²) in [6.07, 6.45) is 2.69. The van der Waals surface area contributed by atoms with Crippen LogP contribution < -0.4 is 20.5 Å². The van der Waals surface area contributed by atoms with Gasteiger partial charge >= 0.3 is 12.0 Å². The average molecular weight is 290 g/mol. The molecule has 0 spiro atoms. The minimum absolute atomic E-state index is 0.177. The van der Waals surface area contributed by atoms with Crippen molar-refractivity contribution in [3.8, 4) is 23.7 Å². The number of nitrogens with two attached hydrogens (primary N) is 1. The topological polar surface area (TPSA) is 99.4 Å². The molecule has 0 aliphatic rings. The van der Waals surface area contributed by atoms with Gasteiger partial charge < -0.3 is 20.5 Å². The summed E-state index contributed by atoms with van der Waals surface area (Å²) >= 11 is 0. The molecular weight excluding hydrogens is 272 g/mol. The zero-order valence-electron chi connectivity index (χ0n) is 12.0. The summed E-state index contributed by atoms with van der Waals surface area (Å²) < 4.78 is 9.99. The number of urea groups is 1. The fourth-order valence-electron chi connectivity index (χ4n) is 1.52. The highest BCUT2D eigenvalue weighted by Gasteiger charge is 2.07. The Labute approximate surface area is 123 Å². The third-order valence-corrected chi connectivity index (χ3v) is 2.44. The van der Waals surface area contributed by atoms with Gasteiger partial charge in [-0.25, -0.2) is 4.79 Å². The van der Waals surface area contributed by atoms with E-state index in [1.807, 2.05) is 0 Å². The summed E-state index contributed by atoms with van der Waals surface area (Å²) in [5.41, 5.74) is 5.56. The zero-order chi connectivity index (χ0) is 15.7. The number of rotatable bonds is 6. The molecule has 1 heterocycles. The predicted octanol–water partition coefficient (Wildman–Crippen LogP) is 0.848. The van der Waals surface area contributed by atoms with E-state index >= 15 is 0 Å². The second kappa shape index (κ2) is 8.43. The molecule has 1 atom stereocenters. The van der Waals surface area contributed by atoms with Crippen molar-refractivity contribution >= 4 is 6.03 Å². The molecule has 0 bridgehead atoms. The molecule has 0 aliphatic carbocycles. The molecule has 2 amide bonds. The van der Waals surface area contributed by atoms with Gasteiger partial charge in [0.1, 0.15) is 5.69 Å². The summed E-state index contributed by atoms with van der Waals surface area (Å²) in [5, 5.41) is 2.60. The van der Waals surface area contributed by atoms with E-state index in [1.165, 1.54) is 14.2 Å². The van der Waals surface area contributed by atoms with Crippen LogP contribution in [0, 0.1) is 11.8 Å². The smallest absolute Gasteiger partial charge is 0.320 e. The van der Waals surface area contributed by atoms with Crippen LogP contribution >= 0.6 is 0 Å². The normalized spacial score (nSPS) is 10.8. The quantitative estimate of drug-likeness (QED) is 0.597. The van der Waals surface area contributed by atoms with Crippen molar-refractivity contribution in [2.45, 2.75) is 18.9 Å². The second-order valence-corrected chi connectivity index (χ2v) is 4.02. The molecule has 3 N–H and O–H groups in total. The van der Waals surface area contributed by atoms with Crippen LogP contribution in [0.15, 0.2) is 18.7 Å². The summed E-state index contributed by atoms with van der Waals surface area (Å²) in [6.45, 7) is 3.63. The van der Waals surface area contributed by atoms with Gasteiger partial charge in [0, 0.05) is 18.5 Å². The third kappa shape index (κ3) is 5.82. The van der Waals surface area contributed by atoms with Crippen molar-refractivity contribution in [2.75, 3.05) is 14.2 Å². The number of carbonyl (C=O) groups excluding carboxylic acids is 1. The summed E-state index contributed by atoms with van der Waals surface area (Å²) in [6, 6.07) is 1.00.